The molecule has 0 fully saturated rings. The van der Waals surface area contributed by atoms with Crippen molar-refractivity contribution in [3.8, 4) is 0 Å². The van der Waals surface area contributed by atoms with Crippen molar-refractivity contribution in [2.45, 2.75) is 59.2 Å². The van der Waals surface area contributed by atoms with Crippen LogP contribution in [0.3, 0.4) is 0 Å². The van der Waals surface area contributed by atoms with E-state index in [2.05, 4.69) is 15.5 Å². The summed E-state index contributed by atoms with van der Waals surface area (Å²) in [5, 5.41) is 9.80. The van der Waals surface area contributed by atoms with Crippen LogP contribution in [0.5, 0.6) is 0 Å². The summed E-state index contributed by atoms with van der Waals surface area (Å²) < 4.78 is 5.37. The van der Waals surface area contributed by atoms with E-state index in [9.17, 15) is 9.59 Å². The van der Waals surface area contributed by atoms with Crippen LogP contribution in [0, 0.1) is 0 Å². The Balaban J connectivity index is 2.08. The molecule has 22 heavy (non-hydrogen) atoms. The van der Waals surface area contributed by atoms with Gasteiger partial charge in [-0.15, -0.1) is 0 Å². The summed E-state index contributed by atoms with van der Waals surface area (Å²) in [5.74, 6) is -0.182. The van der Waals surface area contributed by atoms with Gasteiger partial charge >= 0.3 is 6.09 Å². The summed E-state index contributed by atoms with van der Waals surface area (Å²) in [5.41, 5.74) is 1.59. The fourth-order valence-corrected chi connectivity index (χ4v) is 2.32. The number of rotatable bonds is 2. The molecule has 0 spiro atoms. The number of nitrogens with zero attached hydrogens (tertiary/aromatic N) is 2. The van der Waals surface area contributed by atoms with E-state index < -0.39 is 5.60 Å². The summed E-state index contributed by atoms with van der Waals surface area (Å²) in [6.07, 6.45) is 0.243. The quantitative estimate of drug-likeness (QED) is 0.872. The van der Waals surface area contributed by atoms with E-state index >= 15 is 0 Å². The largest absolute Gasteiger partial charge is 0.444 e. The summed E-state index contributed by atoms with van der Waals surface area (Å²) in [6, 6.07) is 0.0571. The maximum Gasteiger partial charge on any atom is 0.410 e. The lowest BCUT2D eigenvalue weighted by molar-refractivity contribution is 0.0221. The number of ether oxygens (including phenoxy) is 1. The fourth-order valence-electron chi connectivity index (χ4n) is 2.32. The van der Waals surface area contributed by atoms with Gasteiger partial charge in [0.25, 0.3) is 5.91 Å². The number of hydrogen-bond acceptors (Lipinski definition) is 4. The fraction of sp³-hybridized carbons (Fsp3) is 0.667. The first-order valence-electron chi connectivity index (χ1n) is 7.52. The Kier molecular flexibility index (Phi) is 4.44. The lowest BCUT2D eigenvalue weighted by Gasteiger charge is -2.29. The molecule has 0 unspecified atom stereocenters. The third-order valence-electron chi connectivity index (χ3n) is 3.22. The Morgan fingerprint density at radius 1 is 1.36 bits per heavy atom. The van der Waals surface area contributed by atoms with Gasteiger partial charge in [0.05, 0.1) is 12.2 Å². The minimum Gasteiger partial charge on any atom is -0.444 e. The molecule has 2 rings (SSSR count). The van der Waals surface area contributed by atoms with Crippen LogP contribution in [0.2, 0.25) is 0 Å². The number of hydrogen-bond donors (Lipinski definition) is 2. The molecule has 1 aliphatic heterocycles. The van der Waals surface area contributed by atoms with E-state index in [-0.39, 0.29) is 18.0 Å². The molecule has 122 valence electrons. The van der Waals surface area contributed by atoms with Crippen molar-refractivity contribution in [3.05, 3.63) is 17.0 Å². The highest BCUT2D eigenvalue weighted by Gasteiger charge is 2.29. The molecule has 1 aromatic rings. The van der Waals surface area contributed by atoms with E-state index in [1.54, 1.807) is 4.90 Å². The summed E-state index contributed by atoms with van der Waals surface area (Å²) in [7, 11) is 0. The van der Waals surface area contributed by atoms with Crippen LogP contribution < -0.4 is 5.32 Å². The molecular weight excluding hydrogens is 284 g/mol. The molecule has 7 heteroatoms. The van der Waals surface area contributed by atoms with Crippen molar-refractivity contribution in [1.29, 1.82) is 0 Å². The van der Waals surface area contributed by atoms with E-state index in [0.717, 1.165) is 11.3 Å². The molecule has 0 bridgehead atoms. The summed E-state index contributed by atoms with van der Waals surface area (Å²) in [6.45, 7) is 10.2. The highest BCUT2D eigenvalue weighted by Crippen LogP contribution is 2.22. The molecule has 0 aliphatic carbocycles. The Morgan fingerprint density at radius 2 is 2.05 bits per heavy atom. The maximum absolute atomic E-state index is 12.1. The third-order valence-corrected chi connectivity index (χ3v) is 3.22. The number of nitrogens with one attached hydrogen (secondary N) is 2. The van der Waals surface area contributed by atoms with Crippen molar-refractivity contribution in [2.75, 3.05) is 6.54 Å². The number of carbonyl (C=O) groups excluding carboxylic acids is 2. The van der Waals surface area contributed by atoms with E-state index in [1.165, 1.54) is 0 Å². The number of amides is 2. The van der Waals surface area contributed by atoms with Crippen LogP contribution in [-0.4, -0.2) is 45.3 Å². The second-order valence-corrected chi connectivity index (χ2v) is 6.81. The number of aromatic amines is 1. The second kappa shape index (κ2) is 5.98. The zero-order valence-corrected chi connectivity index (χ0v) is 13.8. The summed E-state index contributed by atoms with van der Waals surface area (Å²) in [4.78, 5) is 25.8. The van der Waals surface area contributed by atoms with Crippen molar-refractivity contribution in [1.82, 2.24) is 20.4 Å². The maximum atomic E-state index is 12.1. The molecule has 1 aromatic heterocycles. The smallest absolute Gasteiger partial charge is 0.410 e. The first kappa shape index (κ1) is 16.3. The molecule has 2 N–H and O–H groups in total. The molecular formula is C15H24N4O3. The topological polar surface area (TPSA) is 87.3 Å². The number of fused-ring (bicyclic) bond motifs is 1. The zero-order chi connectivity index (χ0) is 16.5. The van der Waals surface area contributed by atoms with E-state index in [1.807, 2.05) is 34.6 Å². The molecule has 1 aliphatic rings. The first-order valence-corrected chi connectivity index (χ1v) is 7.52. The molecule has 0 saturated heterocycles. The van der Waals surface area contributed by atoms with Gasteiger partial charge in [-0.1, -0.05) is 0 Å². The van der Waals surface area contributed by atoms with Gasteiger partial charge in [0.2, 0.25) is 0 Å². The second-order valence-electron chi connectivity index (χ2n) is 6.81. The molecule has 0 aromatic carbocycles. The minimum atomic E-state index is -0.520. The monoisotopic (exact) mass is 308 g/mol. The predicted molar refractivity (Wildman–Crippen MR) is 81.5 cm³/mol. The van der Waals surface area contributed by atoms with Gasteiger partial charge < -0.3 is 15.0 Å². The van der Waals surface area contributed by atoms with E-state index in [0.29, 0.717) is 25.2 Å². The Hall–Kier alpha value is -2.05. The van der Waals surface area contributed by atoms with Crippen molar-refractivity contribution >= 4 is 12.0 Å². The third kappa shape index (κ3) is 3.78. The Bertz CT molecular complexity index is 572. The normalized spacial score (nSPS) is 14.7. The van der Waals surface area contributed by atoms with Crippen LogP contribution >= 0.6 is 0 Å². The molecule has 2 amide bonds. The number of aromatic nitrogens is 2. The minimum absolute atomic E-state index is 0.0571. The zero-order valence-electron chi connectivity index (χ0n) is 13.8. The lowest BCUT2D eigenvalue weighted by atomic mass is 10.0. The first-order chi connectivity index (χ1) is 10.2. The van der Waals surface area contributed by atoms with Crippen LogP contribution in [0.15, 0.2) is 0 Å². The molecule has 0 radical (unpaired) electrons. The van der Waals surface area contributed by atoms with Gasteiger partial charge in [0.15, 0.2) is 5.69 Å². The van der Waals surface area contributed by atoms with Crippen molar-refractivity contribution < 1.29 is 14.3 Å². The van der Waals surface area contributed by atoms with E-state index in [4.69, 9.17) is 4.74 Å². The SMILES string of the molecule is CC(C)NC(=O)c1n[nH]c2c1CCN(C(=O)OC(C)(C)C)C2. The van der Waals surface area contributed by atoms with Gasteiger partial charge in [-0.25, -0.2) is 4.79 Å². The number of carbonyl (C=O) groups is 2. The predicted octanol–water partition coefficient (Wildman–Crippen LogP) is 1.84. The van der Waals surface area contributed by atoms with Crippen molar-refractivity contribution in [3.63, 3.8) is 0 Å². The van der Waals surface area contributed by atoms with Crippen LogP contribution in [0.25, 0.3) is 0 Å². The van der Waals surface area contributed by atoms with Gasteiger partial charge in [-0.3, -0.25) is 9.89 Å². The molecule has 0 saturated carbocycles. The van der Waals surface area contributed by atoms with Crippen LogP contribution in [0.4, 0.5) is 4.79 Å². The van der Waals surface area contributed by atoms with Crippen LogP contribution in [0.1, 0.15) is 56.4 Å². The average molecular weight is 308 g/mol. The standard InChI is InChI=1S/C15H24N4O3/c1-9(2)16-13(20)12-10-6-7-19(8-11(10)17-18-12)14(21)22-15(3,4)5/h9H,6-8H2,1-5H3,(H,16,20)(H,17,18). The van der Waals surface area contributed by atoms with Crippen molar-refractivity contribution in [2.24, 2.45) is 0 Å². The lowest BCUT2D eigenvalue weighted by Crippen LogP contribution is -2.40. The number of H-pyrrole nitrogens is 1. The highest BCUT2D eigenvalue weighted by atomic mass is 16.6. The Morgan fingerprint density at radius 3 is 2.64 bits per heavy atom. The average Bonchev–Trinajstić information content (AvgIpc) is 2.78. The molecule has 7 nitrogen and oxygen atoms in total. The van der Waals surface area contributed by atoms with Gasteiger partial charge in [0.1, 0.15) is 5.60 Å². The summed E-state index contributed by atoms with van der Waals surface area (Å²) >= 11 is 0. The molecule has 2 heterocycles. The molecule has 0 atom stereocenters. The van der Waals surface area contributed by atoms with Gasteiger partial charge in [-0.2, -0.15) is 5.10 Å². The van der Waals surface area contributed by atoms with Crippen LogP contribution in [-0.2, 0) is 17.7 Å². The van der Waals surface area contributed by atoms with Gasteiger partial charge in [-0.05, 0) is 41.0 Å². The highest BCUT2D eigenvalue weighted by molar-refractivity contribution is 5.94. The Labute approximate surface area is 130 Å². The van der Waals surface area contributed by atoms with Gasteiger partial charge in [0, 0.05) is 18.2 Å².